The molecule has 1 saturated carbocycles. The zero-order valence-electron chi connectivity index (χ0n) is 17.3. The number of nitrogens with zero attached hydrogens (tertiary/aromatic N) is 5. The third-order valence-corrected chi connectivity index (χ3v) is 5.91. The van der Waals surface area contributed by atoms with Gasteiger partial charge in [-0.05, 0) is 57.2 Å². The van der Waals surface area contributed by atoms with E-state index in [1.54, 1.807) is 7.11 Å². The number of methoxy groups -OCH3 is 1. The highest BCUT2D eigenvalue weighted by Crippen LogP contribution is 2.45. The van der Waals surface area contributed by atoms with Crippen molar-refractivity contribution in [1.82, 2.24) is 24.6 Å². The van der Waals surface area contributed by atoms with Crippen LogP contribution in [-0.2, 0) is 13.1 Å². The molecule has 1 amide bonds. The molecule has 29 heavy (non-hydrogen) atoms. The maximum Gasteiger partial charge on any atom is 0.256 e. The number of hydrogen-bond donors (Lipinski definition) is 0. The van der Waals surface area contributed by atoms with E-state index in [1.165, 1.54) is 18.4 Å². The van der Waals surface area contributed by atoms with Crippen molar-refractivity contribution in [3.63, 3.8) is 0 Å². The van der Waals surface area contributed by atoms with E-state index in [-0.39, 0.29) is 11.9 Å². The lowest BCUT2D eigenvalue weighted by atomic mass is 10.0. The van der Waals surface area contributed by atoms with E-state index in [1.807, 2.05) is 35.7 Å². The molecule has 7 heteroatoms. The van der Waals surface area contributed by atoms with Gasteiger partial charge in [-0.25, -0.2) is 9.97 Å². The Labute approximate surface area is 169 Å². The van der Waals surface area contributed by atoms with Crippen LogP contribution in [0.3, 0.4) is 0 Å². The van der Waals surface area contributed by atoms with Crippen molar-refractivity contribution < 1.29 is 9.53 Å². The Kier molecular flexibility index (Phi) is 4.08. The Bertz CT molecular complexity index is 1130. The van der Waals surface area contributed by atoms with Crippen LogP contribution in [0, 0.1) is 0 Å². The number of fused-ring (bicyclic) bond motifs is 2. The molecule has 3 aromatic rings. The van der Waals surface area contributed by atoms with Gasteiger partial charge in [0.25, 0.3) is 5.91 Å². The lowest BCUT2D eigenvalue weighted by Crippen LogP contribution is -2.30. The summed E-state index contributed by atoms with van der Waals surface area (Å²) in [7, 11) is 1.62. The molecule has 0 atom stereocenters. The largest absolute Gasteiger partial charge is 0.480 e. The molecule has 0 unspecified atom stereocenters. The second kappa shape index (κ2) is 6.54. The summed E-state index contributed by atoms with van der Waals surface area (Å²) < 4.78 is 7.62. The molecule has 4 heterocycles. The monoisotopic (exact) mass is 391 g/mol. The molecule has 2 aliphatic rings. The highest BCUT2D eigenvalue weighted by Gasteiger charge is 2.33. The van der Waals surface area contributed by atoms with Crippen molar-refractivity contribution >= 4 is 16.9 Å². The van der Waals surface area contributed by atoms with Crippen LogP contribution in [0.1, 0.15) is 61.1 Å². The standard InChI is InChI=1S/C22H25N5O2/c1-5-27-20-14(13-6-7-13)9-17(24-18(20)10-23-27)15-8-16-19(25-21(15)29-4)11-26(12(2)3)22(16)28/h8-10,12-13H,5-7,11H2,1-4H3. The van der Waals surface area contributed by atoms with Gasteiger partial charge in [0, 0.05) is 12.6 Å². The van der Waals surface area contributed by atoms with Crippen LogP contribution in [0.15, 0.2) is 18.3 Å². The Morgan fingerprint density at radius 2 is 2.00 bits per heavy atom. The molecule has 5 rings (SSSR count). The number of rotatable bonds is 5. The molecule has 0 N–H and O–H groups in total. The first kappa shape index (κ1) is 18.1. The van der Waals surface area contributed by atoms with Crippen LogP contribution < -0.4 is 4.74 Å². The number of pyridine rings is 2. The quantitative estimate of drug-likeness (QED) is 0.662. The van der Waals surface area contributed by atoms with Gasteiger partial charge in [0.05, 0.1) is 47.9 Å². The minimum atomic E-state index is 0.0219. The predicted molar refractivity (Wildman–Crippen MR) is 110 cm³/mol. The number of aromatic nitrogens is 4. The van der Waals surface area contributed by atoms with Crippen molar-refractivity contribution in [3.8, 4) is 17.1 Å². The molecule has 1 aliphatic heterocycles. The molecule has 0 spiro atoms. The number of carbonyl (C=O) groups is 1. The molecular formula is C22H25N5O2. The van der Waals surface area contributed by atoms with E-state index >= 15 is 0 Å². The van der Waals surface area contributed by atoms with Gasteiger partial charge in [-0.2, -0.15) is 5.10 Å². The Morgan fingerprint density at radius 1 is 1.21 bits per heavy atom. The van der Waals surface area contributed by atoms with E-state index in [0.29, 0.717) is 23.9 Å². The molecule has 7 nitrogen and oxygen atoms in total. The summed E-state index contributed by atoms with van der Waals surface area (Å²) >= 11 is 0. The minimum Gasteiger partial charge on any atom is -0.480 e. The summed E-state index contributed by atoms with van der Waals surface area (Å²) in [6.45, 7) is 7.46. The van der Waals surface area contributed by atoms with E-state index in [9.17, 15) is 4.79 Å². The van der Waals surface area contributed by atoms with Crippen molar-refractivity contribution in [3.05, 3.63) is 35.2 Å². The third-order valence-electron chi connectivity index (χ3n) is 5.91. The van der Waals surface area contributed by atoms with Gasteiger partial charge < -0.3 is 9.64 Å². The number of amides is 1. The lowest BCUT2D eigenvalue weighted by Gasteiger charge is -2.19. The maximum absolute atomic E-state index is 12.9. The van der Waals surface area contributed by atoms with Crippen LogP contribution in [0.25, 0.3) is 22.3 Å². The lowest BCUT2D eigenvalue weighted by molar-refractivity contribution is 0.0730. The van der Waals surface area contributed by atoms with Crippen LogP contribution >= 0.6 is 0 Å². The smallest absolute Gasteiger partial charge is 0.256 e. The summed E-state index contributed by atoms with van der Waals surface area (Å²) in [5.74, 6) is 1.08. The summed E-state index contributed by atoms with van der Waals surface area (Å²) in [5, 5.41) is 4.51. The van der Waals surface area contributed by atoms with Gasteiger partial charge in [-0.15, -0.1) is 0 Å². The fourth-order valence-electron chi connectivity index (χ4n) is 4.20. The Balaban J connectivity index is 1.69. The van der Waals surface area contributed by atoms with Crippen molar-refractivity contribution in [1.29, 1.82) is 0 Å². The number of ether oxygens (including phenoxy) is 1. The molecule has 0 radical (unpaired) electrons. The molecule has 150 valence electrons. The van der Waals surface area contributed by atoms with Crippen LogP contribution in [0.4, 0.5) is 0 Å². The average molecular weight is 391 g/mol. The van der Waals surface area contributed by atoms with E-state index in [2.05, 4.69) is 23.1 Å². The number of hydrogen-bond acceptors (Lipinski definition) is 5. The minimum absolute atomic E-state index is 0.0219. The Hall–Kier alpha value is -2.96. The zero-order valence-corrected chi connectivity index (χ0v) is 17.3. The van der Waals surface area contributed by atoms with E-state index in [0.717, 1.165) is 34.5 Å². The first-order chi connectivity index (χ1) is 14.0. The second-order valence-corrected chi connectivity index (χ2v) is 8.13. The van der Waals surface area contributed by atoms with Crippen LogP contribution in [0.2, 0.25) is 0 Å². The summed E-state index contributed by atoms with van der Waals surface area (Å²) in [4.78, 5) is 24.3. The van der Waals surface area contributed by atoms with Gasteiger partial charge in [0.15, 0.2) is 0 Å². The highest BCUT2D eigenvalue weighted by molar-refractivity contribution is 5.99. The van der Waals surface area contributed by atoms with Crippen molar-refractivity contribution in [2.45, 2.75) is 58.7 Å². The molecule has 3 aromatic heterocycles. The zero-order chi connectivity index (χ0) is 20.3. The van der Waals surface area contributed by atoms with Crippen molar-refractivity contribution in [2.75, 3.05) is 7.11 Å². The summed E-state index contributed by atoms with van der Waals surface area (Å²) in [6.07, 6.45) is 4.21. The van der Waals surface area contributed by atoms with Crippen molar-refractivity contribution in [2.24, 2.45) is 0 Å². The van der Waals surface area contributed by atoms with E-state index < -0.39 is 0 Å². The molecule has 0 bridgehead atoms. The molecule has 1 aliphatic carbocycles. The predicted octanol–water partition coefficient (Wildman–Crippen LogP) is 3.76. The topological polar surface area (TPSA) is 73.1 Å². The van der Waals surface area contributed by atoms with Crippen LogP contribution in [0.5, 0.6) is 5.88 Å². The molecule has 0 aromatic carbocycles. The molecular weight excluding hydrogens is 366 g/mol. The molecule has 1 fully saturated rings. The maximum atomic E-state index is 12.9. The SMILES string of the molecule is CCn1ncc2nc(-c3cc4c(nc3OC)CN(C(C)C)C4=O)cc(C3CC3)c21. The van der Waals surface area contributed by atoms with Gasteiger partial charge >= 0.3 is 0 Å². The average Bonchev–Trinajstić information content (AvgIpc) is 3.40. The second-order valence-electron chi connectivity index (χ2n) is 8.13. The Morgan fingerprint density at radius 3 is 2.66 bits per heavy atom. The number of carbonyl (C=O) groups excluding carboxylic acids is 1. The van der Waals surface area contributed by atoms with E-state index in [4.69, 9.17) is 9.72 Å². The fraction of sp³-hybridized carbons (Fsp3) is 0.455. The van der Waals surface area contributed by atoms with Gasteiger partial charge in [-0.1, -0.05) is 0 Å². The normalized spacial score (nSPS) is 16.2. The fourth-order valence-corrected chi connectivity index (χ4v) is 4.20. The highest BCUT2D eigenvalue weighted by atomic mass is 16.5. The summed E-state index contributed by atoms with van der Waals surface area (Å²) in [6, 6.07) is 4.17. The summed E-state index contributed by atoms with van der Waals surface area (Å²) in [5.41, 5.74) is 6.25. The van der Waals surface area contributed by atoms with Crippen LogP contribution in [-0.4, -0.2) is 43.7 Å². The van der Waals surface area contributed by atoms with Gasteiger partial charge in [0.2, 0.25) is 5.88 Å². The molecule has 0 saturated heterocycles. The number of aryl methyl sites for hydroxylation is 1. The first-order valence-electron chi connectivity index (χ1n) is 10.3. The van der Waals surface area contributed by atoms with Gasteiger partial charge in [0.1, 0.15) is 5.52 Å². The first-order valence-corrected chi connectivity index (χ1v) is 10.3. The third kappa shape index (κ3) is 2.79. The van der Waals surface area contributed by atoms with Gasteiger partial charge in [-0.3, -0.25) is 9.48 Å².